The van der Waals surface area contributed by atoms with Crippen molar-refractivity contribution in [2.24, 2.45) is 11.5 Å². The number of hydrogen-bond donors (Lipinski definition) is 3. The molecule has 0 aliphatic rings. The molecule has 0 amide bonds. The predicted octanol–water partition coefficient (Wildman–Crippen LogP) is 2.14. The van der Waals surface area contributed by atoms with Crippen LogP contribution in [0.5, 0.6) is 0 Å². The van der Waals surface area contributed by atoms with Crippen LogP contribution in [0.15, 0.2) is 66.2 Å². The van der Waals surface area contributed by atoms with Crippen LogP contribution in [0.1, 0.15) is 45.5 Å². The molecule has 0 heterocycles. The molecule has 0 saturated heterocycles. The number of unbranched alkanes of at least 4 members (excludes halogenated alkanes) is 1. The van der Waals surface area contributed by atoms with Gasteiger partial charge in [0.25, 0.3) is 0 Å². The highest BCUT2D eigenvalue weighted by Gasteiger charge is 2.24. The van der Waals surface area contributed by atoms with Gasteiger partial charge < -0.3 is 16.6 Å². The van der Waals surface area contributed by atoms with Gasteiger partial charge in [-0.2, -0.15) is 0 Å². The Balaban J connectivity index is 2.17. The lowest BCUT2D eigenvalue weighted by molar-refractivity contribution is -0.134. The fraction of sp³-hybridized carbons (Fsp3) is 0.217. The third kappa shape index (κ3) is 6.04. The van der Waals surface area contributed by atoms with Gasteiger partial charge in [-0.3, -0.25) is 14.4 Å². The smallest absolute Gasteiger partial charge is 0.339 e. The van der Waals surface area contributed by atoms with Gasteiger partial charge in [0.2, 0.25) is 0 Å². The summed E-state index contributed by atoms with van der Waals surface area (Å²) in [6.07, 6.45) is 2.31. The standard InChI is InChI=1S/C23H24N2O5/c24-13-5-4-8-19(25)22(28)18(23(29)30)14-20(26)15-9-11-17(12-10-15)21(27)16-6-2-1-3-7-16/h1-3,6-7,9-12,14,19H,4-5,8,13,24-25H2,(H,29,30). The normalized spacial score (nSPS) is 12.3. The van der Waals surface area contributed by atoms with E-state index in [0.717, 1.165) is 6.08 Å². The van der Waals surface area contributed by atoms with Crippen LogP contribution in [0, 0.1) is 0 Å². The number of aliphatic carboxylic acids is 1. The Morgan fingerprint density at radius 3 is 2.00 bits per heavy atom. The van der Waals surface area contributed by atoms with Gasteiger partial charge in [0, 0.05) is 22.8 Å². The van der Waals surface area contributed by atoms with E-state index in [9.17, 15) is 24.3 Å². The number of nitrogens with two attached hydrogens (primary N) is 2. The summed E-state index contributed by atoms with van der Waals surface area (Å²) >= 11 is 0. The molecule has 2 aromatic carbocycles. The van der Waals surface area contributed by atoms with E-state index in [-0.39, 0.29) is 17.8 Å². The number of carboxylic acids is 1. The topological polar surface area (TPSA) is 141 Å². The van der Waals surface area contributed by atoms with Crippen LogP contribution in [-0.4, -0.2) is 41.0 Å². The summed E-state index contributed by atoms with van der Waals surface area (Å²) in [5, 5.41) is 9.34. The second-order valence-corrected chi connectivity index (χ2v) is 6.76. The van der Waals surface area contributed by atoms with E-state index < -0.39 is 29.2 Å². The summed E-state index contributed by atoms with van der Waals surface area (Å²) in [5.74, 6) is -3.18. The minimum atomic E-state index is -1.52. The van der Waals surface area contributed by atoms with Gasteiger partial charge in [-0.05, 0) is 19.4 Å². The van der Waals surface area contributed by atoms with E-state index in [0.29, 0.717) is 30.5 Å². The van der Waals surface area contributed by atoms with Crippen molar-refractivity contribution < 1.29 is 24.3 Å². The third-order valence-electron chi connectivity index (χ3n) is 4.54. The highest BCUT2D eigenvalue weighted by Crippen LogP contribution is 2.13. The van der Waals surface area contributed by atoms with E-state index in [1.165, 1.54) is 24.3 Å². The molecule has 0 spiro atoms. The van der Waals surface area contributed by atoms with E-state index in [1.807, 2.05) is 0 Å². The Bertz CT molecular complexity index is 949. The summed E-state index contributed by atoms with van der Waals surface area (Å²) in [4.78, 5) is 48.7. The van der Waals surface area contributed by atoms with Crippen LogP contribution in [0.2, 0.25) is 0 Å². The second kappa shape index (κ2) is 10.9. The van der Waals surface area contributed by atoms with Crippen LogP contribution in [0.3, 0.4) is 0 Å². The average molecular weight is 408 g/mol. The van der Waals surface area contributed by atoms with Crippen LogP contribution in [-0.2, 0) is 9.59 Å². The van der Waals surface area contributed by atoms with Crippen LogP contribution < -0.4 is 11.5 Å². The summed E-state index contributed by atoms with van der Waals surface area (Å²) in [5.41, 5.74) is 11.6. The first-order valence-electron chi connectivity index (χ1n) is 9.54. The molecule has 5 N–H and O–H groups in total. The average Bonchev–Trinajstić information content (AvgIpc) is 2.77. The van der Waals surface area contributed by atoms with Crippen LogP contribution >= 0.6 is 0 Å². The number of Topliss-reactive ketones (excluding diaryl/α,β-unsaturated/α-hetero) is 1. The molecule has 0 aliphatic heterocycles. The molecule has 0 saturated carbocycles. The van der Waals surface area contributed by atoms with Crippen molar-refractivity contribution in [1.82, 2.24) is 0 Å². The third-order valence-corrected chi connectivity index (χ3v) is 4.54. The zero-order valence-corrected chi connectivity index (χ0v) is 16.4. The number of benzene rings is 2. The minimum Gasteiger partial charge on any atom is -0.478 e. The summed E-state index contributed by atoms with van der Waals surface area (Å²) < 4.78 is 0. The molecule has 0 aliphatic carbocycles. The molecule has 0 bridgehead atoms. The Hall–Kier alpha value is -3.42. The van der Waals surface area contributed by atoms with Crippen molar-refractivity contribution in [3.63, 3.8) is 0 Å². The zero-order chi connectivity index (χ0) is 22.1. The molecule has 7 heteroatoms. The fourth-order valence-corrected chi connectivity index (χ4v) is 2.83. The summed E-state index contributed by atoms with van der Waals surface area (Å²) in [6, 6.07) is 13.5. The van der Waals surface area contributed by atoms with Gasteiger partial charge in [0.1, 0.15) is 5.57 Å². The number of ketones is 3. The fourth-order valence-electron chi connectivity index (χ4n) is 2.83. The number of carbonyl (C=O) groups is 4. The highest BCUT2D eigenvalue weighted by molar-refractivity contribution is 6.23. The molecule has 0 aromatic heterocycles. The molecule has 0 fully saturated rings. The lowest BCUT2D eigenvalue weighted by Crippen LogP contribution is -2.34. The van der Waals surface area contributed by atoms with Gasteiger partial charge in [-0.25, -0.2) is 4.79 Å². The summed E-state index contributed by atoms with van der Waals surface area (Å²) in [7, 11) is 0. The molecule has 2 aromatic rings. The molecule has 30 heavy (non-hydrogen) atoms. The first kappa shape index (κ1) is 22.9. The van der Waals surface area contributed by atoms with Crippen LogP contribution in [0.25, 0.3) is 0 Å². The van der Waals surface area contributed by atoms with E-state index in [4.69, 9.17) is 11.5 Å². The Kier molecular flexibility index (Phi) is 8.34. The monoisotopic (exact) mass is 408 g/mol. The number of carboxylic acid groups (broad SMARTS) is 1. The molecular weight excluding hydrogens is 384 g/mol. The Labute approximate surface area is 174 Å². The quantitative estimate of drug-likeness (QED) is 0.170. The van der Waals surface area contributed by atoms with Crippen molar-refractivity contribution in [2.75, 3.05) is 6.54 Å². The van der Waals surface area contributed by atoms with E-state index in [1.54, 1.807) is 30.3 Å². The predicted molar refractivity (Wildman–Crippen MR) is 112 cm³/mol. The molecule has 0 radical (unpaired) electrons. The molecule has 156 valence electrons. The van der Waals surface area contributed by atoms with E-state index in [2.05, 4.69) is 0 Å². The van der Waals surface area contributed by atoms with Gasteiger partial charge in [0.15, 0.2) is 17.3 Å². The van der Waals surface area contributed by atoms with Gasteiger partial charge in [-0.15, -0.1) is 0 Å². The maximum absolute atomic E-state index is 12.5. The van der Waals surface area contributed by atoms with E-state index >= 15 is 0 Å². The zero-order valence-electron chi connectivity index (χ0n) is 16.4. The minimum absolute atomic E-state index is 0.155. The first-order chi connectivity index (χ1) is 14.3. The van der Waals surface area contributed by atoms with Crippen molar-refractivity contribution >= 4 is 23.3 Å². The number of rotatable bonds is 11. The molecule has 7 nitrogen and oxygen atoms in total. The molecule has 1 atom stereocenters. The number of hydrogen-bond acceptors (Lipinski definition) is 6. The number of allylic oxidation sites excluding steroid dienone is 1. The molecule has 1 unspecified atom stereocenters. The second-order valence-electron chi connectivity index (χ2n) is 6.76. The Morgan fingerprint density at radius 1 is 0.867 bits per heavy atom. The summed E-state index contributed by atoms with van der Waals surface area (Å²) in [6.45, 7) is 0.448. The van der Waals surface area contributed by atoms with Crippen molar-refractivity contribution in [2.45, 2.75) is 25.3 Å². The van der Waals surface area contributed by atoms with Gasteiger partial charge >= 0.3 is 5.97 Å². The van der Waals surface area contributed by atoms with Gasteiger partial charge in [-0.1, -0.05) is 61.0 Å². The molecule has 2 rings (SSSR count). The first-order valence-corrected chi connectivity index (χ1v) is 9.54. The maximum Gasteiger partial charge on any atom is 0.339 e. The van der Waals surface area contributed by atoms with Crippen LogP contribution in [0.4, 0.5) is 0 Å². The maximum atomic E-state index is 12.5. The van der Waals surface area contributed by atoms with Crippen molar-refractivity contribution in [3.8, 4) is 0 Å². The number of carbonyl (C=O) groups excluding carboxylic acids is 3. The molecular formula is C23H24N2O5. The van der Waals surface area contributed by atoms with Gasteiger partial charge in [0.05, 0.1) is 6.04 Å². The van der Waals surface area contributed by atoms with Crippen molar-refractivity contribution in [1.29, 1.82) is 0 Å². The SMILES string of the molecule is NCCCCC(N)C(=O)C(=CC(=O)c1ccc(C(=O)c2ccccc2)cc1)C(=O)O. The highest BCUT2D eigenvalue weighted by atomic mass is 16.4. The Morgan fingerprint density at radius 2 is 1.43 bits per heavy atom. The lowest BCUT2D eigenvalue weighted by Gasteiger charge is -2.10. The lowest BCUT2D eigenvalue weighted by atomic mass is 9.97. The largest absolute Gasteiger partial charge is 0.478 e. The van der Waals surface area contributed by atoms with Crippen molar-refractivity contribution in [3.05, 3.63) is 82.9 Å².